The van der Waals surface area contributed by atoms with Crippen LogP contribution >= 0.6 is 0 Å². The Hall–Kier alpha value is -2.61. The maximum Gasteiger partial charge on any atom is 0.419 e. The molecule has 2 aliphatic rings. The third-order valence-corrected chi connectivity index (χ3v) is 6.05. The van der Waals surface area contributed by atoms with E-state index in [0.717, 1.165) is 37.0 Å². The van der Waals surface area contributed by atoms with Gasteiger partial charge < -0.3 is 10.2 Å². The molecule has 2 aromatic rings. The van der Waals surface area contributed by atoms with Gasteiger partial charge in [0.15, 0.2) is 0 Å². The molecule has 0 aliphatic carbocycles. The maximum atomic E-state index is 13.4. The first-order valence-corrected chi connectivity index (χ1v) is 10.8. The highest BCUT2D eigenvalue weighted by atomic mass is 19.4. The van der Waals surface area contributed by atoms with Crippen molar-refractivity contribution in [2.45, 2.75) is 38.4 Å². The maximum absolute atomic E-state index is 13.4. The average molecular weight is 432 g/mol. The number of aromatic nitrogens is 1. The monoisotopic (exact) mass is 432 g/mol. The number of anilines is 2. The molecule has 0 spiro atoms. The summed E-state index contributed by atoms with van der Waals surface area (Å²) < 4.78 is 40.2. The van der Waals surface area contributed by atoms with Crippen molar-refractivity contribution in [3.8, 4) is 0 Å². The molecular weight excluding hydrogens is 405 g/mol. The topological polar surface area (TPSA) is 48.5 Å². The number of carbonyl (C=O) groups is 1. The Balaban J connectivity index is 1.46. The third-order valence-electron chi connectivity index (χ3n) is 6.05. The van der Waals surface area contributed by atoms with E-state index in [1.54, 1.807) is 4.90 Å². The second kappa shape index (κ2) is 9.26. The fourth-order valence-electron chi connectivity index (χ4n) is 4.45. The molecule has 31 heavy (non-hydrogen) atoms. The van der Waals surface area contributed by atoms with Crippen LogP contribution < -0.4 is 10.2 Å². The molecule has 8 heteroatoms. The standard InChI is InChI=1S/C23H27F3N4O/c24-23(25,26)19-9-5-11-27-21(19)30-14-6-8-18(16-30)22(31)28-20-10-2-1-7-17(20)15-29-12-3-4-13-29/h1-2,5,7,9-11,18H,3-4,6,8,12-16H2,(H,28,31). The Morgan fingerprint density at radius 1 is 1.06 bits per heavy atom. The van der Waals surface area contributed by atoms with Crippen LogP contribution in [0.5, 0.6) is 0 Å². The second-order valence-electron chi connectivity index (χ2n) is 8.29. The Bertz CT molecular complexity index is 912. The lowest BCUT2D eigenvalue weighted by Crippen LogP contribution is -2.42. The fourth-order valence-corrected chi connectivity index (χ4v) is 4.45. The van der Waals surface area contributed by atoms with Crippen LogP contribution in [0.25, 0.3) is 0 Å². The molecule has 2 saturated heterocycles. The van der Waals surface area contributed by atoms with E-state index in [1.807, 2.05) is 24.3 Å². The number of piperidine rings is 1. The number of para-hydroxylation sites is 1. The van der Waals surface area contributed by atoms with Gasteiger partial charge in [-0.1, -0.05) is 18.2 Å². The van der Waals surface area contributed by atoms with Gasteiger partial charge in [-0.2, -0.15) is 13.2 Å². The molecule has 1 N–H and O–H groups in total. The summed E-state index contributed by atoms with van der Waals surface area (Å²) in [5.74, 6) is -0.637. The number of rotatable bonds is 5. The summed E-state index contributed by atoms with van der Waals surface area (Å²) in [7, 11) is 0. The van der Waals surface area contributed by atoms with Crippen LogP contribution in [0.4, 0.5) is 24.7 Å². The Morgan fingerprint density at radius 3 is 2.61 bits per heavy atom. The van der Waals surface area contributed by atoms with Gasteiger partial charge >= 0.3 is 6.18 Å². The minimum absolute atomic E-state index is 0.0954. The smallest absolute Gasteiger partial charge is 0.355 e. The van der Waals surface area contributed by atoms with Gasteiger partial charge in [-0.25, -0.2) is 4.98 Å². The molecule has 1 unspecified atom stereocenters. The van der Waals surface area contributed by atoms with E-state index in [1.165, 1.54) is 25.1 Å². The van der Waals surface area contributed by atoms with Crippen molar-refractivity contribution in [3.05, 3.63) is 53.7 Å². The first-order chi connectivity index (χ1) is 14.9. The van der Waals surface area contributed by atoms with Crippen LogP contribution in [0.3, 0.4) is 0 Å². The second-order valence-corrected chi connectivity index (χ2v) is 8.29. The fraction of sp³-hybridized carbons (Fsp3) is 0.478. The molecule has 166 valence electrons. The first kappa shape index (κ1) is 21.6. The van der Waals surface area contributed by atoms with E-state index in [4.69, 9.17) is 0 Å². The summed E-state index contributed by atoms with van der Waals surface area (Å²) in [6.07, 6.45) is 0.558. The van der Waals surface area contributed by atoms with Crippen LogP contribution in [0.15, 0.2) is 42.6 Å². The number of benzene rings is 1. The molecule has 5 nitrogen and oxygen atoms in total. The number of amides is 1. The molecule has 1 aromatic heterocycles. The number of hydrogen-bond acceptors (Lipinski definition) is 4. The Labute approximate surface area is 180 Å². The lowest BCUT2D eigenvalue weighted by molar-refractivity contribution is -0.137. The Morgan fingerprint density at radius 2 is 1.84 bits per heavy atom. The molecular formula is C23H27F3N4O. The summed E-state index contributed by atoms with van der Waals surface area (Å²) in [6.45, 7) is 3.59. The molecule has 1 amide bonds. The number of nitrogens with one attached hydrogen (secondary N) is 1. The summed E-state index contributed by atoms with van der Waals surface area (Å²) in [4.78, 5) is 21.0. The van der Waals surface area contributed by atoms with Gasteiger partial charge in [0.1, 0.15) is 5.82 Å². The predicted molar refractivity (Wildman–Crippen MR) is 114 cm³/mol. The SMILES string of the molecule is O=C(Nc1ccccc1CN1CCCC1)C1CCCN(c2ncccc2C(F)(F)F)C1. The summed E-state index contributed by atoms with van der Waals surface area (Å²) >= 11 is 0. The third kappa shape index (κ3) is 5.18. The minimum Gasteiger partial charge on any atom is -0.355 e. The summed E-state index contributed by atoms with van der Waals surface area (Å²) in [5.41, 5.74) is 1.09. The van der Waals surface area contributed by atoms with Crippen LogP contribution in [0.1, 0.15) is 36.8 Å². The summed E-state index contributed by atoms with van der Waals surface area (Å²) in [6, 6.07) is 10.1. The number of hydrogen-bond donors (Lipinski definition) is 1. The van der Waals surface area contributed by atoms with Crippen LogP contribution in [0, 0.1) is 5.92 Å². The van der Waals surface area contributed by atoms with E-state index in [0.29, 0.717) is 19.4 Å². The molecule has 1 aromatic carbocycles. The van der Waals surface area contributed by atoms with E-state index in [9.17, 15) is 18.0 Å². The van der Waals surface area contributed by atoms with Crippen molar-refractivity contribution in [3.63, 3.8) is 0 Å². The number of pyridine rings is 1. The normalized spacial score (nSPS) is 20.1. The van der Waals surface area contributed by atoms with E-state index < -0.39 is 17.7 Å². The van der Waals surface area contributed by atoms with Crippen molar-refractivity contribution < 1.29 is 18.0 Å². The zero-order valence-electron chi connectivity index (χ0n) is 17.4. The Kier molecular flexibility index (Phi) is 6.46. The van der Waals surface area contributed by atoms with Crippen molar-refractivity contribution >= 4 is 17.4 Å². The van der Waals surface area contributed by atoms with Gasteiger partial charge in [-0.3, -0.25) is 9.69 Å². The number of nitrogens with zero attached hydrogens (tertiary/aromatic N) is 3. The minimum atomic E-state index is -4.48. The molecule has 1 atom stereocenters. The van der Waals surface area contributed by atoms with Crippen LogP contribution in [-0.2, 0) is 17.5 Å². The van der Waals surface area contributed by atoms with Gasteiger partial charge in [-0.15, -0.1) is 0 Å². The number of halogens is 3. The number of alkyl halides is 3. The van der Waals surface area contributed by atoms with Crippen molar-refractivity contribution in [1.82, 2.24) is 9.88 Å². The molecule has 0 radical (unpaired) electrons. The largest absolute Gasteiger partial charge is 0.419 e. The van der Waals surface area contributed by atoms with Crippen LogP contribution in [-0.4, -0.2) is 42.0 Å². The van der Waals surface area contributed by atoms with E-state index >= 15 is 0 Å². The number of carbonyl (C=O) groups excluding carboxylic acids is 1. The van der Waals surface area contributed by atoms with Gasteiger partial charge in [-0.05, 0) is 62.5 Å². The lowest BCUT2D eigenvalue weighted by atomic mass is 9.96. The predicted octanol–water partition coefficient (Wildman–Crippen LogP) is 4.55. The van der Waals surface area contributed by atoms with Crippen LogP contribution in [0.2, 0.25) is 0 Å². The zero-order chi connectivity index (χ0) is 21.8. The van der Waals surface area contributed by atoms with Crippen molar-refractivity contribution in [2.24, 2.45) is 5.92 Å². The zero-order valence-corrected chi connectivity index (χ0v) is 17.4. The first-order valence-electron chi connectivity index (χ1n) is 10.8. The highest BCUT2D eigenvalue weighted by Gasteiger charge is 2.37. The quantitative estimate of drug-likeness (QED) is 0.753. The molecule has 3 heterocycles. The van der Waals surface area contributed by atoms with Gasteiger partial charge in [0.25, 0.3) is 0 Å². The lowest BCUT2D eigenvalue weighted by Gasteiger charge is -2.34. The van der Waals surface area contributed by atoms with Gasteiger partial charge in [0, 0.05) is 31.5 Å². The van der Waals surface area contributed by atoms with Crippen molar-refractivity contribution in [2.75, 3.05) is 36.4 Å². The van der Waals surface area contributed by atoms with Gasteiger partial charge in [0.2, 0.25) is 5.91 Å². The highest BCUT2D eigenvalue weighted by Crippen LogP contribution is 2.36. The molecule has 0 saturated carbocycles. The van der Waals surface area contributed by atoms with E-state index in [2.05, 4.69) is 15.2 Å². The molecule has 0 bridgehead atoms. The summed E-state index contributed by atoms with van der Waals surface area (Å²) in [5, 5.41) is 3.04. The molecule has 2 aliphatic heterocycles. The number of likely N-dealkylation sites (tertiary alicyclic amines) is 1. The highest BCUT2D eigenvalue weighted by molar-refractivity contribution is 5.93. The average Bonchev–Trinajstić information content (AvgIpc) is 3.28. The van der Waals surface area contributed by atoms with Gasteiger partial charge in [0.05, 0.1) is 11.5 Å². The van der Waals surface area contributed by atoms with Crippen molar-refractivity contribution in [1.29, 1.82) is 0 Å². The molecule has 4 rings (SSSR count). The molecule has 2 fully saturated rings. The van der Waals surface area contributed by atoms with E-state index in [-0.39, 0.29) is 18.3 Å².